The van der Waals surface area contributed by atoms with E-state index in [0.29, 0.717) is 5.56 Å². The molecule has 8 heteroatoms. The second-order valence-corrected chi connectivity index (χ2v) is 5.89. The molecule has 1 radical (unpaired) electrons. The van der Waals surface area contributed by atoms with Gasteiger partial charge in [-0.1, -0.05) is 30.3 Å². The number of benzene rings is 1. The van der Waals surface area contributed by atoms with Crippen LogP contribution in [0, 0.1) is 6.42 Å². The van der Waals surface area contributed by atoms with Crippen LogP contribution in [0.4, 0.5) is 4.39 Å². The number of carbonyl (C=O) groups is 1. The molecule has 0 aliphatic carbocycles. The number of nitrogens with two attached hydrogens (primary N) is 1. The Labute approximate surface area is 198 Å². The fourth-order valence-corrected chi connectivity index (χ4v) is 2.42. The van der Waals surface area contributed by atoms with E-state index in [1.807, 2.05) is 31.2 Å². The smallest absolute Gasteiger partial charge is 0.112 e. The standard InChI is InChI=1S/C19H23FN3O2.W.Y/c1-3-18(24)23-17(10-20)19(25)14-6-4-13(5-7-14)15-8-9-16(12(2)21)22-11-15;;/h3-9,11-12,17,19,25H,10,21H2,1-2H3,(H,23,24);;/q-1;;. The number of carbonyl (C=O) groups excluding carboxylic acids is 1. The number of pyridine rings is 1. The Bertz CT molecular complexity index is 699. The molecule has 3 atom stereocenters. The summed E-state index contributed by atoms with van der Waals surface area (Å²) in [5.41, 5.74) is 8.97. The molecule has 27 heavy (non-hydrogen) atoms. The number of hydrogen-bond donors (Lipinski definition) is 3. The molecule has 0 aliphatic heterocycles. The Morgan fingerprint density at radius 1 is 1.26 bits per heavy atom. The quantitative estimate of drug-likeness (QED) is 0.417. The molecular formula is C19H23FN3O2WY-. The van der Waals surface area contributed by atoms with Crippen molar-refractivity contribution in [1.29, 1.82) is 0 Å². The molecule has 2 rings (SSSR count). The molecule has 4 N–H and O–H groups in total. The SMILES string of the molecule is C[CH-]C(=O)NC(CF)C(O)c1ccc(-c2ccc(C(C)N)nc2)cc1.[W].[Y]. The van der Waals surface area contributed by atoms with Crippen LogP contribution in [-0.2, 0) is 58.6 Å². The molecule has 2 aromatic rings. The minimum Gasteiger partial charge on any atom is -0.386 e. The van der Waals surface area contributed by atoms with Crippen molar-refractivity contribution in [1.82, 2.24) is 10.3 Å². The number of nitrogens with zero attached hydrogens (tertiary/aromatic N) is 1. The van der Waals surface area contributed by atoms with E-state index >= 15 is 0 Å². The van der Waals surface area contributed by atoms with Crippen molar-refractivity contribution in [2.24, 2.45) is 5.73 Å². The molecule has 5 nitrogen and oxygen atoms in total. The number of amides is 1. The number of halogens is 1. The van der Waals surface area contributed by atoms with Gasteiger partial charge in [0.1, 0.15) is 12.8 Å². The number of aromatic nitrogens is 1. The number of nitrogens with one attached hydrogen (secondary N) is 1. The topological polar surface area (TPSA) is 88.2 Å². The van der Waals surface area contributed by atoms with Crippen LogP contribution < -0.4 is 11.1 Å². The van der Waals surface area contributed by atoms with Crippen molar-refractivity contribution in [3.63, 3.8) is 0 Å². The maximum Gasteiger partial charge on any atom is 0.112 e. The van der Waals surface area contributed by atoms with E-state index in [1.54, 1.807) is 25.3 Å². The van der Waals surface area contributed by atoms with Gasteiger partial charge in [-0.15, -0.1) is 0 Å². The molecule has 0 spiro atoms. The van der Waals surface area contributed by atoms with E-state index in [9.17, 15) is 14.3 Å². The van der Waals surface area contributed by atoms with Crippen molar-refractivity contribution in [3.8, 4) is 11.1 Å². The van der Waals surface area contributed by atoms with E-state index in [4.69, 9.17) is 5.73 Å². The Hall–Kier alpha value is -0.648. The van der Waals surface area contributed by atoms with Crippen molar-refractivity contribution in [2.75, 3.05) is 6.67 Å². The van der Waals surface area contributed by atoms with Crippen LogP contribution in [0.25, 0.3) is 11.1 Å². The number of aliphatic hydroxyl groups is 1. The molecular weight excluding hydrogens is 594 g/mol. The van der Waals surface area contributed by atoms with Crippen molar-refractivity contribution in [2.45, 2.75) is 32.0 Å². The number of aliphatic hydroxyl groups excluding tert-OH is 1. The third-order valence-electron chi connectivity index (χ3n) is 3.98. The summed E-state index contributed by atoms with van der Waals surface area (Å²) in [5.74, 6) is -0.418. The first-order valence-electron chi connectivity index (χ1n) is 8.12. The van der Waals surface area contributed by atoms with Crippen LogP contribution in [0.2, 0.25) is 0 Å². The van der Waals surface area contributed by atoms with Gasteiger partial charge in [0.05, 0.1) is 17.6 Å². The fraction of sp³-hybridized carbons (Fsp3) is 0.316. The van der Waals surface area contributed by atoms with Crippen LogP contribution in [0.3, 0.4) is 0 Å². The molecule has 0 bridgehead atoms. The maximum atomic E-state index is 13.1. The zero-order chi connectivity index (χ0) is 18.4. The van der Waals surface area contributed by atoms with E-state index in [2.05, 4.69) is 10.3 Å². The first-order chi connectivity index (χ1) is 12.0. The molecule has 0 saturated heterocycles. The summed E-state index contributed by atoms with van der Waals surface area (Å²) in [5, 5.41) is 12.7. The van der Waals surface area contributed by atoms with Gasteiger partial charge in [0.15, 0.2) is 0 Å². The van der Waals surface area contributed by atoms with Crippen molar-refractivity contribution < 1.29 is 68.1 Å². The molecule has 1 amide bonds. The van der Waals surface area contributed by atoms with Gasteiger partial charge in [0, 0.05) is 71.6 Å². The molecule has 3 unspecified atom stereocenters. The van der Waals surface area contributed by atoms with Crippen LogP contribution in [0.15, 0.2) is 42.6 Å². The predicted octanol–water partition coefficient (Wildman–Crippen LogP) is 2.48. The third-order valence-corrected chi connectivity index (χ3v) is 3.98. The van der Waals surface area contributed by atoms with Gasteiger partial charge in [0.25, 0.3) is 0 Å². The summed E-state index contributed by atoms with van der Waals surface area (Å²) in [6.07, 6.45) is 1.91. The van der Waals surface area contributed by atoms with Gasteiger partial charge in [-0.2, -0.15) is 6.92 Å². The molecule has 0 fully saturated rings. The average molecular weight is 617 g/mol. The van der Waals surface area contributed by atoms with Gasteiger partial charge in [-0.05, 0) is 24.1 Å². The van der Waals surface area contributed by atoms with Crippen LogP contribution >= 0.6 is 0 Å². The zero-order valence-corrected chi connectivity index (χ0v) is 21.1. The Kier molecular flexibility index (Phi) is 12.4. The normalized spacial score (nSPS) is 13.4. The summed E-state index contributed by atoms with van der Waals surface area (Å²) in [4.78, 5) is 15.7. The minimum atomic E-state index is -1.12. The maximum absolute atomic E-state index is 13.1. The van der Waals surface area contributed by atoms with Gasteiger partial charge in [0.2, 0.25) is 0 Å². The Balaban J connectivity index is 0.00000338. The zero-order valence-electron chi connectivity index (χ0n) is 15.3. The molecule has 1 heterocycles. The van der Waals surface area contributed by atoms with Crippen LogP contribution in [0.1, 0.15) is 37.3 Å². The summed E-state index contributed by atoms with van der Waals surface area (Å²) < 4.78 is 13.1. The van der Waals surface area contributed by atoms with Gasteiger partial charge < -0.3 is 27.4 Å². The van der Waals surface area contributed by atoms with E-state index < -0.39 is 24.7 Å². The Morgan fingerprint density at radius 2 is 1.85 bits per heavy atom. The summed E-state index contributed by atoms with van der Waals surface area (Å²) >= 11 is 0. The fourth-order valence-electron chi connectivity index (χ4n) is 2.42. The summed E-state index contributed by atoms with van der Waals surface area (Å²) in [6, 6.07) is 9.76. The summed E-state index contributed by atoms with van der Waals surface area (Å²) in [7, 11) is 0. The second-order valence-electron chi connectivity index (χ2n) is 5.89. The van der Waals surface area contributed by atoms with Gasteiger partial charge >= 0.3 is 0 Å². The third kappa shape index (κ3) is 7.36. The van der Waals surface area contributed by atoms with Crippen molar-refractivity contribution >= 4 is 5.91 Å². The average Bonchev–Trinajstić information content (AvgIpc) is 2.65. The van der Waals surface area contributed by atoms with E-state index in [1.165, 1.54) is 6.42 Å². The molecule has 0 saturated carbocycles. The largest absolute Gasteiger partial charge is 0.386 e. The second kappa shape index (κ2) is 12.7. The van der Waals surface area contributed by atoms with Crippen LogP contribution in [-0.4, -0.2) is 28.7 Å². The molecule has 1 aromatic heterocycles. The van der Waals surface area contributed by atoms with Gasteiger partial charge in [-0.3, -0.25) is 4.98 Å². The minimum absolute atomic E-state index is 0. The Morgan fingerprint density at radius 3 is 2.30 bits per heavy atom. The molecule has 143 valence electrons. The molecule has 1 aromatic carbocycles. The van der Waals surface area contributed by atoms with Crippen molar-refractivity contribution in [3.05, 3.63) is 60.3 Å². The monoisotopic (exact) mass is 617 g/mol. The first kappa shape index (κ1) is 26.4. The van der Waals surface area contributed by atoms with E-state index in [0.717, 1.165) is 16.8 Å². The number of hydrogen-bond acceptors (Lipinski definition) is 4. The number of rotatable bonds is 7. The van der Waals surface area contributed by atoms with Gasteiger partial charge in [-0.25, -0.2) is 4.39 Å². The number of alkyl halides is 1. The predicted molar refractivity (Wildman–Crippen MR) is 95.1 cm³/mol. The van der Waals surface area contributed by atoms with E-state index in [-0.39, 0.29) is 59.8 Å². The first-order valence-corrected chi connectivity index (χ1v) is 8.12. The summed E-state index contributed by atoms with van der Waals surface area (Å²) in [6.45, 7) is 2.57. The van der Waals surface area contributed by atoms with Crippen LogP contribution in [0.5, 0.6) is 0 Å². The molecule has 0 aliphatic rings.